The molecule has 4 heteroatoms. The minimum atomic E-state index is -0.0213. The summed E-state index contributed by atoms with van der Waals surface area (Å²) in [6.07, 6.45) is 2.05. The van der Waals surface area contributed by atoms with Crippen molar-refractivity contribution in [1.29, 1.82) is 0 Å². The highest BCUT2D eigenvalue weighted by Gasteiger charge is 2.29. The third-order valence-corrected chi connectivity index (χ3v) is 4.02. The van der Waals surface area contributed by atoms with E-state index in [0.29, 0.717) is 5.92 Å². The van der Waals surface area contributed by atoms with Crippen LogP contribution >= 0.6 is 11.3 Å². The van der Waals surface area contributed by atoms with E-state index in [2.05, 4.69) is 12.2 Å². The average Bonchev–Trinajstić information content (AvgIpc) is 2.75. The molecular weight excluding hydrogens is 220 g/mol. The molecule has 3 nitrogen and oxygen atoms in total. The van der Waals surface area contributed by atoms with Crippen molar-refractivity contribution in [3.8, 4) is 0 Å². The van der Waals surface area contributed by atoms with Gasteiger partial charge in [-0.2, -0.15) is 0 Å². The van der Waals surface area contributed by atoms with Crippen LogP contribution in [0.2, 0.25) is 0 Å². The minimum Gasteiger partial charge on any atom is -0.309 e. The van der Waals surface area contributed by atoms with Crippen LogP contribution in [-0.4, -0.2) is 25.5 Å². The number of anilines is 1. The highest BCUT2D eigenvalue weighted by molar-refractivity contribution is 7.14. The van der Waals surface area contributed by atoms with Crippen LogP contribution < -0.4 is 10.2 Å². The molecule has 88 valence electrons. The van der Waals surface area contributed by atoms with Gasteiger partial charge in [0.05, 0.1) is 11.0 Å². The van der Waals surface area contributed by atoms with Crippen LogP contribution in [0.4, 0.5) is 5.00 Å². The number of hydrogen-bond acceptors (Lipinski definition) is 3. The first-order chi connectivity index (χ1) is 7.72. The van der Waals surface area contributed by atoms with Crippen LogP contribution in [-0.2, 0) is 4.79 Å². The van der Waals surface area contributed by atoms with E-state index in [4.69, 9.17) is 0 Å². The van der Waals surface area contributed by atoms with Gasteiger partial charge in [-0.05, 0) is 43.3 Å². The summed E-state index contributed by atoms with van der Waals surface area (Å²) in [5, 5.41) is 6.21. The summed E-state index contributed by atoms with van der Waals surface area (Å²) in [4.78, 5) is 14.2. The Hall–Kier alpha value is -0.870. The number of thiophene rings is 1. The summed E-state index contributed by atoms with van der Waals surface area (Å²) in [5.74, 6) is 0.790. The Labute approximate surface area is 100 Å². The van der Waals surface area contributed by atoms with E-state index in [1.165, 1.54) is 0 Å². The molecule has 0 aromatic carbocycles. The van der Waals surface area contributed by atoms with Crippen LogP contribution in [0.3, 0.4) is 0 Å². The van der Waals surface area contributed by atoms with Crippen LogP contribution in [0.5, 0.6) is 0 Å². The van der Waals surface area contributed by atoms with Crippen molar-refractivity contribution in [1.82, 2.24) is 5.32 Å². The lowest BCUT2D eigenvalue weighted by atomic mass is 10.0. The Morgan fingerprint density at radius 1 is 1.50 bits per heavy atom. The molecule has 0 spiro atoms. The molecule has 2 unspecified atom stereocenters. The fourth-order valence-corrected chi connectivity index (χ4v) is 2.89. The molecule has 2 heterocycles. The maximum Gasteiger partial charge on any atom is 0.244 e. The Morgan fingerprint density at radius 3 is 2.94 bits per heavy atom. The molecule has 0 aliphatic carbocycles. The van der Waals surface area contributed by atoms with Gasteiger partial charge in [-0.25, -0.2) is 0 Å². The first-order valence-corrected chi connectivity index (χ1v) is 6.62. The van der Waals surface area contributed by atoms with Crippen molar-refractivity contribution >= 4 is 22.2 Å². The van der Waals surface area contributed by atoms with Gasteiger partial charge in [0.25, 0.3) is 0 Å². The van der Waals surface area contributed by atoms with Crippen molar-refractivity contribution < 1.29 is 4.79 Å². The van der Waals surface area contributed by atoms with E-state index in [1.807, 2.05) is 29.5 Å². The molecule has 1 fully saturated rings. The minimum absolute atomic E-state index is 0.0213. The first kappa shape index (κ1) is 11.6. The second-order valence-electron chi connectivity index (χ2n) is 4.42. The van der Waals surface area contributed by atoms with Gasteiger partial charge in [0.2, 0.25) is 5.91 Å². The van der Waals surface area contributed by atoms with E-state index in [9.17, 15) is 4.79 Å². The van der Waals surface area contributed by atoms with Crippen molar-refractivity contribution in [2.45, 2.75) is 25.8 Å². The maximum absolute atomic E-state index is 12.3. The molecular formula is C12H18N2OS. The number of carbonyl (C=O) groups is 1. The van der Waals surface area contributed by atoms with Crippen molar-refractivity contribution in [3.63, 3.8) is 0 Å². The molecule has 0 radical (unpaired) electrons. The molecule has 1 aromatic rings. The molecule has 1 N–H and O–H groups in total. The predicted octanol–water partition coefficient (Wildman–Crippen LogP) is 2.10. The predicted molar refractivity (Wildman–Crippen MR) is 67.9 cm³/mol. The van der Waals surface area contributed by atoms with Gasteiger partial charge in [0.1, 0.15) is 0 Å². The number of nitrogens with zero attached hydrogens (tertiary/aromatic N) is 1. The molecule has 0 saturated carbocycles. The Morgan fingerprint density at radius 2 is 2.31 bits per heavy atom. The molecule has 1 aromatic heterocycles. The number of likely N-dealkylation sites (N-methyl/N-ethyl adjacent to an activating group) is 1. The number of carbonyl (C=O) groups excluding carboxylic acids is 1. The van der Waals surface area contributed by atoms with Gasteiger partial charge in [-0.3, -0.25) is 4.79 Å². The molecule has 16 heavy (non-hydrogen) atoms. The zero-order chi connectivity index (χ0) is 11.5. The molecule has 2 rings (SSSR count). The smallest absolute Gasteiger partial charge is 0.244 e. The van der Waals surface area contributed by atoms with Crippen LogP contribution in [0.1, 0.15) is 19.8 Å². The van der Waals surface area contributed by atoms with Crippen molar-refractivity contribution in [2.75, 3.05) is 18.5 Å². The fourth-order valence-electron chi connectivity index (χ4n) is 2.15. The second kappa shape index (κ2) is 4.97. The molecule has 2 atom stereocenters. The summed E-state index contributed by atoms with van der Waals surface area (Å²) in [7, 11) is 1.87. The number of rotatable bonds is 2. The number of amides is 1. The van der Waals surface area contributed by atoms with E-state index in [0.717, 1.165) is 24.4 Å². The zero-order valence-electron chi connectivity index (χ0n) is 9.77. The molecule has 1 amide bonds. The van der Waals surface area contributed by atoms with Gasteiger partial charge in [-0.1, -0.05) is 6.92 Å². The van der Waals surface area contributed by atoms with Crippen LogP contribution in [0, 0.1) is 5.92 Å². The standard InChI is InChI=1S/C12H18N2OS/c1-9-5-6-10(13-2)12(15)14(8-9)11-4-3-7-16-11/h3-4,7,9-10,13H,5-6,8H2,1-2H3. The van der Waals surface area contributed by atoms with E-state index < -0.39 is 0 Å². The molecule has 0 bridgehead atoms. The summed E-state index contributed by atoms with van der Waals surface area (Å²) in [6.45, 7) is 3.06. The lowest BCUT2D eigenvalue weighted by molar-refractivity contribution is -0.120. The monoisotopic (exact) mass is 238 g/mol. The van der Waals surface area contributed by atoms with Crippen molar-refractivity contribution in [3.05, 3.63) is 17.5 Å². The highest BCUT2D eigenvalue weighted by Crippen LogP contribution is 2.27. The molecule has 1 aliphatic rings. The lowest BCUT2D eigenvalue weighted by Crippen LogP contribution is -2.44. The summed E-state index contributed by atoms with van der Waals surface area (Å²) >= 11 is 1.63. The normalized spacial score (nSPS) is 26.9. The van der Waals surface area contributed by atoms with E-state index in [-0.39, 0.29) is 11.9 Å². The Balaban J connectivity index is 2.23. The third-order valence-electron chi connectivity index (χ3n) is 3.13. The third kappa shape index (κ3) is 2.28. The zero-order valence-corrected chi connectivity index (χ0v) is 10.6. The average molecular weight is 238 g/mol. The van der Waals surface area contributed by atoms with Crippen LogP contribution in [0.25, 0.3) is 0 Å². The van der Waals surface area contributed by atoms with Gasteiger partial charge < -0.3 is 10.2 Å². The molecule has 1 aliphatic heterocycles. The fraction of sp³-hybridized carbons (Fsp3) is 0.583. The second-order valence-corrected chi connectivity index (χ2v) is 5.35. The highest BCUT2D eigenvalue weighted by atomic mass is 32.1. The summed E-state index contributed by atoms with van der Waals surface area (Å²) in [6, 6.07) is 4.00. The van der Waals surface area contributed by atoms with E-state index >= 15 is 0 Å². The largest absolute Gasteiger partial charge is 0.309 e. The Kier molecular flexibility index (Phi) is 3.61. The summed E-state index contributed by atoms with van der Waals surface area (Å²) < 4.78 is 0. The topological polar surface area (TPSA) is 32.3 Å². The maximum atomic E-state index is 12.3. The quantitative estimate of drug-likeness (QED) is 0.855. The van der Waals surface area contributed by atoms with Gasteiger partial charge in [-0.15, -0.1) is 11.3 Å². The lowest BCUT2D eigenvalue weighted by Gasteiger charge is -2.23. The number of nitrogens with one attached hydrogen (secondary N) is 1. The van der Waals surface area contributed by atoms with Gasteiger partial charge in [0.15, 0.2) is 0 Å². The Bertz CT molecular complexity index is 350. The van der Waals surface area contributed by atoms with Crippen molar-refractivity contribution in [2.24, 2.45) is 5.92 Å². The first-order valence-electron chi connectivity index (χ1n) is 5.74. The van der Waals surface area contributed by atoms with Crippen LogP contribution in [0.15, 0.2) is 17.5 Å². The number of hydrogen-bond donors (Lipinski definition) is 1. The van der Waals surface area contributed by atoms with Gasteiger partial charge >= 0.3 is 0 Å². The SMILES string of the molecule is CNC1CCC(C)CN(c2cccs2)C1=O. The van der Waals surface area contributed by atoms with E-state index in [1.54, 1.807) is 11.3 Å². The molecule has 1 saturated heterocycles. The van der Waals surface area contributed by atoms with Gasteiger partial charge in [0, 0.05) is 6.54 Å². The summed E-state index contributed by atoms with van der Waals surface area (Å²) in [5.41, 5.74) is 0.